The number of carbonyl (C=O) groups excluding carboxylic acids is 1. The Morgan fingerprint density at radius 1 is 1.11 bits per heavy atom. The molecule has 1 aliphatic carbocycles. The fraction of sp³-hybridized carbons (Fsp3) is 0.409. The van der Waals surface area contributed by atoms with Gasteiger partial charge in [0.2, 0.25) is 0 Å². The number of fused-ring (bicyclic) bond motifs is 1. The van der Waals surface area contributed by atoms with Gasteiger partial charge < -0.3 is 23.8 Å². The Kier molecular flexibility index (Phi) is 5.28. The molecule has 1 saturated carbocycles. The van der Waals surface area contributed by atoms with Gasteiger partial charge in [-0.2, -0.15) is 0 Å². The topological polar surface area (TPSA) is 65.6 Å². The van der Waals surface area contributed by atoms with E-state index in [1.165, 1.54) is 19.3 Å². The standard InChI is InChI=1S/C22H26N2O4/c1-26-17-10-15(11-18(12-17)27-2)14-24-19-8-9-28-21(19)13-20(24)22(25)23-16-6-4-3-5-7-16/h8-13,16H,3-7,14H2,1-2H3,(H,23,25). The summed E-state index contributed by atoms with van der Waals surface area (Å²) in [5.74, 6) is 1.39. The Bertz CT molecular complexity index is 944. The minimum absolute atomic E-state index is 0.0480. The highest BCUT2D eigenvalue weighted by Gasteiger charge is 2.22. The number of hydrogen-bond donors (Lipinski definition) is 1. The highest BCUT2D eigenvalue weighted by molar-refractivity contribution is 5.97. The number of carbonyl (C=O) groups is 1. The molecule has 0 radical (unpaired) electrons. The van der Waals surface area contributed by atoms with Crippen molar-refractivity contribution in [2.24, 2.45) is 0 Å². The van der Waals surface area contributed by atoms with Gasteiger partial charge in [-0.15, -0.1) is 0 Å². The molecule has 1 aliphatic rings. The van der Waals surface area contributed by atoms with E-state index in [0.717, 1.165) is 35.4 Å². The zero-order valence-electron chi connectivity index (χ0n) is 16.4. The van der Waals surface area contributed by atoms with Gasteiger partial charge in [0.1, 0.15) is 17.2 Å². The van der Waals surface area contributed by atoms with Crippen molar-refractivity contribution < 1.29 is 18.7 Å². The highest BCUT2D eigenvalue weighted by atomic mass is 16.5. The summed E-state index contributed by atoms with van der Waals surface area (Å²) in [5.41, 5.74) is 3.21. The van der Waals surface area contributed by atoms with Gasteiger partial charge in [0.05, 0.1) is 26.0 Å². The van der Waals surface area contributed by atoms with Crippen LogP contribution >= 0.6 is 0 Å². The van der Waals surface area contributed by atoms with Gasteiger partial charge in [0.25, 0.3) is 5.91 Å². The number of rotatable bonds is 6. The summed E-state index contributed by atoms with van der Waals surface area (Å²) >= 11 is 0. The number of benzene rings is 1. The van der Waals surface area contributed by atoms with Crippen molar-refractivity contribution in [3.05, 3.63) is 47.9 Å². The van der Waals surface area contributed by atoms with Crippen molar-refractivity contribution in [1.82, 2.24) is 9.88 Å². The van der Waals surface area contributed by atoms with E-state index >= 15 is 0 Å². The second kappa shape index (κ2) is 8.00. The predicted octanol–water partition coefficient (Wildman–Crippen LogP) is 4.36. The Morgan fingerprint density at radius 3 is 2.50 bits per heavy atom. The van der Waals surface area contributed by atoms with Crippen LogP contribution in [0.5, 0.6) is 11.5 Å². The first-order chi connectivity index (χ1) is 13.7. The van der Waals surface area contributed by atoms with Crippen molar-refractivity contribution in [1.29, 1.82) is 0 Å². The van der Waals surface area contributed by atoms with E-state index in [1.54, 1.807) is 20.5 Å². The van der Waals surface area contributed by atoms with E-state index < -0.39 is 0 Å². The number of ether oxygens (including phenoxy) is 2. The van der Waals surface area contributed by atoms with Crippen molar-refractivity contribution in [3.8, 4) is 11.5 Å². The summed E-state index contributed by atoms with van der Waals surface area (Å²) < 4.78 is 18.3. The van der Waals surface area contributed by atoms with Crippen LogP contribution in [0, 0.1) is 0 Å². The third-order valence-electron chi connectivity index (χ3n) is 5.45. The Balaban J connectivity index is 1.65. The first-order valence-electron chi connectivity index (χ1n) is 9.77. The van der Waals surface area contributed by atoms with Crippen LogP contribution < -0.4 is 14.8 Å². The number of aromatic nitrogens is 1. The van der Waals surface area contributed by atoms with Gasteiger partial charge in [0.15, 0.2) is 5.58 Å². The van der Waals surface area contributed by atoms with Crippen LogP contribution in [0.2, 0.25) is 0 Å². The lowest BCUT2D eigenvalue weighted by atomic mass is 9.95. The van der Waals surface area contributed by atoms with E-state index in [9.17, 15) is 4.79 Å². The molecule has 28 heavy (non-hydrogen) atoms. The van der Waals surface area contributed by atoms with E-state index in [2.05, 4.69) is 5.32 Å². The molecule has 0 saturated heterocycles. The number of methoxy groups -OCH3 is 2. The first kappa shape index (κ1) is 18.5. The zero-order valence-corrected chi connectivity index (χ0v) is 16.4. The lowest BCUT2D eigenvalue weighted by Gasteiger charge is -2.23. The van der Waals surface area contributed by atoms with Crippen LogP contribution in [0.3, 0.4) is 0 Å². The van der Waals surface area contributed by atoms with E-state index in [-0.39, 0.29) is 11.9 Å². The van der Waals surface area contributed by atoms with Gasteiger partial charge in [-0.25, -0.2) is 0 Å². The maximum Gasteiger partial charge on any atom is 0.268 e. The fourth-order valence-corrected chi connectivity index (χ4v) is 3.98. The molecule has 1 aromatic carbocycles. The molecule has 2 heterocycles. The number of nitrogens with one attached hydrogen (secondary N) is 1. The molecule has 6 heteroatoms. The van der Waals surface area contributed by atoms with Crippen LogP contribution in [0.4, 0.5) is 0 Å². The maximum atomic E-state index is 13.0. The molecule has 6 nitrogen and oxygen atoms in total. The van der Waals surface area contributed by atoms with Crippen molar-refractivity contribution in [2.45, 2.75) is 44.7 Å². The van der Waals surface area contributed by atoms with Crippen molar-refractivity contribution >= 4 is 17.0 Å². The molecule has 0 unspecified atom stereocenters. The van der Waals surface area contributed by atoms with Crippen LogP contribution in [-0.2, 0) is 6.54 Å². The average molecular weight is 382 g/mol. The van der Waals surface area contributed by atoms with Gasteiger partial charge in [-0.3, -0.25) is 4.79 Å². The van der Waals surface area contributed by atoms with Gasteiger partial charge in [-0.05, 0) is 30.5 Å². The Morgan fingerprint density at radius 2 is 1.82 bits per heavy atom. The summed E-state index contributed by atoms with van der Waals surface area (Å²) in [7, 11) is 3.26. The molecule has 1 fully saturated rings. The minimum Gasteiger partial charge on any atom is -0.497 e. The molecule has 2 aromatic heterocycles. The molecule has 3 aromatic rings. The number of hydrogen-bond acceptors (Lipinski definition) is 4. The fourth-order valence-electron chi connectivity index (χ4n) is 3.98. The lowest BCUT2D eigenvalue weighted by molar-refractivity contribution is 0.0919. The Labute approximate surface area is 164 Å². The molecular formula is C22H26N2O4. The third-order valence-corrected chi connectivity index (χ3v) is 5.45. The Hall–Kier alpha value is -2.89. The number of furan rings is 1. The van der Waals surface area contributed by atoms with Crippen molar-refractivity contribution in [3.63, 3.8) is 0 Å². The van der Waals surface area contributed by atoms with Gasteiger partial charge in [-0.1, -0.05) is 19.3 Å². The van der Waals surface area contributed by atoms with Crippen molar-refractivity contribution in [2.75, 3.05) is 14.2 Å². The minimum atomic E-state index is -0.0480. The summed E-state index contributed by atoms with van der Waals surface area (Å²) in [6.07, 6.45) is 7.37. The molecule has 1 N–H and O–H groups in total. The lowest BCUT2D eigenvalue weighted by Crippen LogP contribution is -2.37. The second-order valence-electron chi connectivity index (χ2n) is 7.32. The van der Waals surface area contributed by atoms with Crippen LogP contribution in [0.15, 0.2) is 41.0 Å². The number of nitrogens with zero attached hydrogens (tertiary/aromatic N) is 1. The highest BCUT2D eigenvalue weighted by Crippen LogP contribution is 2.27. The van der Waals surface area contributed by atoms with Crippen LogP contribution in [0.1, 0.15) is 48.2 Å². The van der Waals surface area contributed by atoms with E-state index in [4.69, 9.17) is 13.9 Å². The number of amides is 1. The quantitative estimate of drug-likeness (QED) is 0.688. The van der Waals surface area contributed by atoms with E-state index in [0.29, 0.717) is 17.8 Å². The monoisotopic (exact) mass is 382 g/mol. The molecule has 0 spiro atoms. The summed E-state index contributed by atoms with van der Waals surface area (Å²) in [4.78, 5) is 13.0. The predicted molar refractivity (Wildman–Crippen MR) is 107 cm³/mol. The third kappa shape index (κ3) is 3.72. The molecule has 0 aliphatic heterocycles. The summed E-state index contributed by atoms with van der Waals surface area (Å²) in [6, 6.07) is 9.72. The normalized spacial score (nSPS) is 14.9. The smallest absolute Gasteiger partial charge is 0.268 e. The molecule has 4 rings (SSSR count). The second-order valence-corrected chi connectivity index (χ2v) is 7.32. The van der Waals surface area contributed by atoms with Crippen LogP contribution in [-0.4, -0.2) is 30.7 Å². The summed E-state index contributed by atoms with van der Waals surface area (Å²) in [5, 5.41) is 3.21. The van der Waals surface area contributed by atoms with Gasteiger partial charge >= 0.3 is 0 Å². The maximum absolute atomic E-state index is 13.0. The average Bonchev–Trinajstić information content (AvgIpc) is 3.31. The molecular weight excluding hydrogens is 356 g/mol. The van der Waals surface area contributed by atoms with Gasteiger partial charge in [0, 0.05) is 30.8 Å². The molecule has 148 valence electrons. The zero-order chi connectivity index (χ0) is 19.5. The molecule has 1 amide bonds. The molecule has 0 bridgehead atoms. The first-order valence-corrected chi connectivity index (χ1v) is 9.77. The largest absolute Gasteiger partial charge is 0.497 e. The summed E-state index contributed by atoms with van der Waals surface area (Å²) in [6.45, 7) is 0.518. The van der Waals surface area contributed by atoms with Crippen LogP contribution in [0.25, 0.3) is 11.1 Å². The van der Waals surface area contributed by atoms with E-state index in [1.807, 2.05) is 34.9 Å². The molecule has 0 atom stereocenters. The SMILES string of the molecule is COc1cc(Cn2c(C(=O)NC3CCCCC3)cc3occc32)cc(OC)c1.